The average molecular weight is 555 g/mol. The van der Waals surface area contributed by atoms with Crippen molar-refractivity contribution in [2.75, 3.05) is 13.2 Å². The number of carbonyl (C=O) groups is 1. The number of hydrogen-bond acceptors (Lipinski definition) is 6. The molecule has 0 spiro atoms. The lowest BCUT2D eigenvalue weighted by Crippen LogP contribution is -2.23. The van der Waals surface area contributed by atoms with Gasteiger partial charge in [-0.25, -0.2) is 9.78 Å². The summed E-state index contributed by atoms with van der Waals surface area (Å²) in [7, 11) is 0. The average Bonchev–Trinajstić information content (AvgIpc) is 2.77. The first kappa shape index (κ1) is 25.2. The number of aromatic nitrogens is 2. The monoisotopic (exact) mass is 553 g/mol. The molecule has 2 aromatic carbocycles. The normalized spacial score (nSPS) is 12.3. The van der Waals surface area contributed by atoms with E-state index in [1.165, 1.54) is 10.9 Å². The van der Waals surface area contributed by atoms with Gasteiger partial charge in [0.1, 0.15) is 5.82 Å². The first-order valence-electron chi connectivity index (χ1n) is 10.3. The summed E-state index contributed by atoms with van der Waals surface area (Å²) in [5.74, 6) is 0.203. The maximum atomic E-state index is 13.2. The lowest BCUT2D eigenvalue weighted by molar-refractivity contribution is -0.145. The zero-order valence-electron chi connectivity index (χ0n) is 18.3. The number of benzene rings is 2. The van der Waals surface area contributed by atoms with Gasteiger partial charge in [-0.15, -0.1) is 0 Å². The molecule has 0 amide bonds. The van der Waals surface area contributed by atoms with Crippen LogP contribution in [0.2, 0.25) is 10.0 Å². The maximum absolute atomic E-state index is 13.2. The van der Waals surface area contributed by atoms with E-state index in [0.29, 0.717) is 22.3 Å². The Morgan fingerprint density at radius 1 is 1.24 bits per heavy atom. The Bertz CT molecular complexity index is 1250. The Morgan fingerprint density at radius 3 is 2.58 bits per heavy atom. The highest BCUT2D eigenvalue weighted by molar-refractivity contribution is 9.10. The van der Waals surface area contributed by atoms with E-state index < -0.39 is 5.97 Å². The fraction of sp³-hybridized carbons (Fsp3) is 0.304. The van der Waals surface area contributed by atoms with Crippen molar-refractivity contribution >= 4 is 62.2 Å². The van der Waals surface area contributed by atoms with Gasteiger partial charge in [-0.05, 0) is 49.2 Å². The molecule has 0 saturated heterocycles. The molecule has 7 nitrogen and oxygen atoms in total. The Kier molecular flexibility index (Phi) is 8.51. The standard InChI is InChI=1S/C23H22BrCl2N3O4/c1-4-13(3)22-28-19-7-6-15(24)10-16(19)23(31)29(22)27-11-14-8-17(25)21(18(26)9-14)33-12-20(30)32-5-2/h6-11,13H,4-5,12H2,1-3H3/t13-/m1/s1. The van der Waals surface area contributed by atoms with Crippen LogP contribution in [0.25, 0.3) is 10.9 Å². The van der Waals surface area contributed by atoms with Gasteiger partial charge in [-0.3, -0.25) is 4.79 Å². The zero-order chi connectivity index (χ0) is 24.1. The second-order valence-electron chi connectivity index (χ2n) is 7.21. The number of esters is 1. The molecule has 0 radical (unpaired) electrons. The molecule has 0 aliphatic heterocycles. The van der Waals surface area contributed by atoms with Crippen LogP contribution < -0.4 is 10.3 Å². The van der Waals surface area contributed by atoms with E-state index >= 15 is 0 Å². The van der Waals surface area contributed by atoms with Crippen molar-refractivity contribution in [3.05, 3.63) is 66.6 Å². The van der Waals surface area contributed by atoms with E-state index in [9.17, 15) is 9.59 Å². The van der Waals surface area contributed by atoms with Crippen LogP contribution in [0.4, 0.5) is 0 Å². The molecule has 33 heavy (non-hydrogen) atoms. The first-order chi connectivity index (χ1) is 15.7. The minimum absolute atomic E-state index is 0.00808. The number of nitrogens with zero attached hydrogens (tertiary/aromatic N) is 3. The molecule has 1 heterocycles. The van der Waals surface area contributed by atoms with Crippen LogP contribution in [0, 0.1) is 0 Å². The van der Waals surface area contributed by atoms with Crippen molar-refractivity contribution in [1.29, 1.82) is 0 Å². The van der Waals surface area contributed by atoms with Gasteiger partial charge in [0.05, 0.1) is 33.8 Å². The number of ether oxygens (including phenoxy) is 2. The summed E-state index contributed by atoms with van der Waals surface area (Å²) in [4.78, 5) is 29.4. The van der Waals surface area contributed by atoms with E-state index in [1.54, 1.807) is 31.2 Å². The highest BCUT2D eigenvalue weighted by Crippen LogP contribution is 2.34. The lowest BCUT2D eigenvalue weighted by Gasteiger charge is -2.14. The Balaban J connectivity index is 1.99. The molecular weight excluding hydrogens is 533 g/mol. The number of fused-ring (bicyclic) bond motifs is 1. The number of hydrogen-bond donors (Lipinski definition) is 0. The van der Waals surface area contributed by atoms with Crippen LogP contribution in [0.5, 0.6) is 5.75 Å². The van der Waals surface area contributed by atoms with Crippen LogP contribution in [-0.4, -0.2) is 35.1 Å². The van der Waals surface area contributed by atoms with Gasteiger partial charge in [0.2, 0.25) is 0 Å². The first-order valence-corrected chi connectivity index (χ1v) is 11.8. The highest BCUT2D eigenvalue weighted by atomic mass is 79.9. The second-order valence-corrected chi connectivity index (χ2v) is 8.94. The van der Waals surface area contributed by atoms with Crippen molar-refractivity contribution in [3.8, 4) is 5.75 Å². The SMILES string of the molecule is CCOC(=O)COc1c(Cl)cc(C=Nn2c([C@H](C)CC)nc3ccc(Br)cc3c2=O)cc1Cl. The summed E-state index contributed by atoms with van der Waals surface area (Å²) in [6.45, 7) is 5.64. The van der Waals surface area contributed by atoms with Crippen molar-refractivity contribution in [2.24, 2.45) is 5.10 Å². The maximum Gasteiger partial charge on any atom is 0.344 e. The smallest absolute Gasteiger partial charge is 0.344 e. The Morgan fingerprint density at radius 2 is 1.94 bits per heavy atom. The van der Waals surface area contributed by atoms with Gasteiger partial charge in [-0.2, -0.15) is 9.78 Å². The summed E-state index contributed by atoms with van der Waals surface area (Å²) in [6, 6.07) is 8.53. The minimum Gasteiger partial charge on any atom is -0.479 e. The van der Waals surface area contributed by atoms with E-state index in [0.717, 1.165) is 10.9 Å². The quantitative estimate of drug-likeness (QED) is 0.259. The van der Waals surface area contributed by atoms with Crippen LogP contribution in [0.15, 0.2) is 44.7 Å². The van der Waals surface area contributed by atoms with E-state index in [-0.39, 0.29) is 40.5 Å². The summed E-state index contributed by atoms with van der Waals surface area (Å²) < 4.78 is 12.3. The molecule has 0 saturated carbocycles. The Labute approximate surface area is 209 Å². The van der Waals surface area contributed by atoms with E-state index in [1.807, 2.05) is 19.9 Å². The summed E-state index contributed by atoms with van der Waals surface area (Å²) >= 11 is 16.0. The number of carbonyl (C=O) groups excluding carboxylic acids is 1. The fourth-order valence-electron chi connectivity index (χ4n) is 3.03. The summed E-state index contributed by atoms with van der Waals surface area (Å²) in [5, 5.41) is 5.25. The van der Waals surface area contributed by atoms with Crippen LogP contribution in [-0.2, 0) is 9.53 Å². The number of rotatable bonds is 8. The van der Waals surface area contributed by atoms with E-state index in [2.05, 4.69) is 26.0 Å². The van der Waals surface area contributed by atoms with Crippen molar-refractivity contribution < 1.29 is 14.3 Å². The molecule has 0 aliphatic carbocycles. The molecule has 174 valence electrons. The van der Waals surface area contributed by atoms with Gasteiger partial charge in [0, 0.05) is 10.4 Å². The zero-order valence-corrected chi connectivity index (χ0v) is 21.4. The van der Waals surface area contributed by atoms with Gasteiger partial charge in [0.25, 0.3) is 5.56 Å². The second kappa shape index (κ2) is 11.1. The molecule has 10 heteroatoms. The molecule has 0 aliphatic rings. The summed E-state index contributed by atoms with van der Waals surface area (Å²) in [6.07, 6.45) is 2.26. The summed E-state index contributed by atoms with van der Waals surface area (Å²) in [5.41, 5.74) is 0.878. The molecule has 0 bridgehead atoms. The lowest BCUT2D eigenvalue weighted by atomic mass is 10.1. The molecular formula is C23H22BrCl2N3O4. The number of halogens is 3. The third-order valence-corrected chi connectivity index (χ3v) is 5.92. The van der Waals surface area contributed by atoms with Crippen molar-refractivity contribution in [1.82, 2.24) is 9.66 Å². The predicted molar refractivity (Wildman–Crippen MR) is 134 cm³/mol. The molecule has 0 unspecified atom stereocenters. The molecule has 0 N–H and O–H groups in total. The highest BCUT2D eigenvalue weighted by Gasteiger charge is 2.16. The molecule has 3 rings (SSSR count). The van der Waals surface area contributed by atoms with Crippen LogP contribution in [0.3, 0.4) is 0 Å². The third kappa shape index (κ3) is 5.93. The van der Waals surface area contributed by atoms with E-state index in [4.69, 9.17) is 32.7 Å². The van der Waals surface area contributed by atoms with Crippen LogP contribution >= 0.6 is 39.1 Å². The van der Waals surface area contributed by atoms with Gasteiger partial charge in [-0.1, -0.05) is 53.0 Å². The van der Waals surface area contributed by atoms with Gasteiger partial charge < -0.3 is 9.47 Å². The molecule has 1 atom stereocenters. The fourth-order valence-corrected chi connectivity index (χ4v) is 4.00. The molecule has 3 aromatic rings. The predicted octanol–water partition coefficient (Wildman–Crippen LogP) is 5.80. The Hall–Kier alpha value is -2.42. The topological polar surface area (TPSA) is 82.8 Å². The van der Waals surface area contributed by atoms with Crippen molar-refractivity contribution in [3.63, 3.8) is 0 Å². The minimum atomic E-state index is -0.525. The van der Waals surface area contributed by atoms with Crippen molar-refractivity contribution in [2.45, 2.75) is 33.1 Å². The van der Waals surface area contributed by atoms with Crippen LogP contribution in [0.1, 0.15) is 44.5 Å². The van der Waals surface area contributed by atoms with Gasteiger partial charge >= 0.3 is 5.97 Å². The van der Waals surface area contributed by atoms with Gasteiger partial charge in [0.15, 0.2) is 12.4 Å². The third-order valence-electron chi connectivity index (χ3n) is 4.87. The molecule has 1 aromatic heterocycles. The largest absolute Gasteiger partial charge is 0.479 e. The molecule has 0 fully saturated rings.